The summed E-state index contributed by atoms with van der Waals surface area (Å²) in [5, 5.41) is 2.60. The van der Waals surface area contributed by atoms with Crippen molar-refractivity contribution < 1.29 is 19.0 Å². The zero-order valence-corrected chi connectivity index (χ0v) is 17.9. The molecule has 1 fully saturated rings. The predicted molar refractivity (Wildman–Crippen MR) is 110 cm³/mol. The summed E-state index contributed by atoms with van der Waals surface area (Å²) >= 11 is 0. The third kappa shape index (κ3) is 4.45. The van der Waals surface area contributed by atoms with E-state index in [9.17, 15) is 4.79 Å². The van der Waals surface area contributed by atoms with Gasteiger partial charge in [-0.3, -0.25) is 4.79 Å². The van der Waals surface area contributed by atoms with Gasteiger partial charge in [-0.15, -0.1) is 0 Å². The Balaban J connectivity index is 1.90. The molecule has 0 bridgehead atoms. The van der Waals surface area contributed by atoms with E-state index in [0.29, 0.717) is 11.7 Å². The second-order valence-electron chi connectivity index (χ2n) is 8.88. The Kier molecular flexibility index (Phi) is 6.54. The summed E-state index contributed by atoms with van der Waals surface area (Å²) in [6.07, 6.45) is 5.64. The van der Waals surface area contributed by atoms with Crippen molar-refractivity contribution >= 4 is 5.91 Å². The number of hydrogen-bond donors (Lipinski definition) is 1. The quantitative estimate of drug-likeness (QED) is 0.738. The maximum absolute atomic E-state index is 11.7. The predicted octanol–water partition coefficient (Wildman–Crippen LogP) is 4.65. The van der Waals surface area contributed by atoms with Gasteiger partial charge in [-0.25, -0.2) is 0 Å². The van der Waals surface area contributed by atoms with E-state index in [-0.39, 0.29) is 36.2 Å². The van der Waals surface area contributed by atoms with E-state index >= 15 is 0 Å². The van der Waals surface area contributed by atoms with E-state index in [1.165, 1.54) is 6.42 Å². The number of amides is 1. The number of benzene rings is 1. The molecule has 1 saturated heterocycles. The van der Waals surface area contributed by atoms with Crippen LogP contribution in [0.2, 0.25) is 0 Å². The minimum absolute atomic E-state index is 0.00838. The van der Waals surface area contributed by atoms with Crippen LogP contribution in [0.4, 0.5) is 0 Å². The highest BCUT2D eigenvalue weighted by molar-refractivity contribution is 5.77. The van der Waals surface area contributed by atoms with Crippen molar-refractivity contribution in [3.05, 3.63) is 23.8 Å². The average Bonchev–Trinajstić information content (AvgIpc) is 2.65. The lowest BCUT2D eigenvalue weighted by Crippen LogP contribution is -2.50. The first-order valence-electron chi connectivity index (χ1n) is 10.6. The van der Waals surface area contributed by atoms with Crippen molar-refractivity contribution in [2.45, 2.75) is 77.6 Å². The number of nitrogens with one attached hydrogen (secondary N) is 1. The van der Waals surface area contributed by atoms with Crippen molar-refractivity contribution in [2.75, 3.05) is 13.7 Å². The van der Waals surface area contributed by atoms with E-state index in [4.69, 9.17) is 14.2 Å². The third-order valence-electron chi connectivity index (χ3n) is 6.16. The van der Waals surface area contributed by atoms with Gasteiger partial charge in [0.15, 0.2) is 6.61 Å². The van der Waals surface area contributed by atoms with Gasteiger partial charge >= 0.3 is 0 Å². The lowest BCUT2D eigenvalue weighted by atomic mass is 9.72. The molecule has 0 unspecified atom stereocenters. The standard InChI is InChI=1S/C23H35NO4/c1-15(2)8-7-13-23(4)17-12-11-16(3)27-22(17)21-18(26-14-20(25)24-5)9-6-10-19(21)28-23/h6,9-10,15-17,22H,7-8,11-14H2,1-5H3,(H,24,25)/t16-,17-,22-,23+/m1/s1. The van der Waals surface area contributed by atoms with Crippen LogP contribution >= 0.6 is 0 Å². The number of rotatable bonds is 7. The van der Waals surface area contributed by atoms with Gasteiger partial charge in [0.2, 0.25) is 0 Å². The van der Waals surface area contributed by atoms with E-state index < -0.39 is 0 Å². The van der Waals surface area contributed by atoms with Gasteiger partial charge in [-0.2, -0.15) is 0 Å². The SMILES string of the molecule is CNC(=O)COc1cccc2c1[C@@H]1O[C@H](C)CC[C@H]1[C@](C)(CCCC(C)C)O2. The Hall–Kier alpha value is -1.75. The normalized spacial score (nSPS) is 28.9. The number of fused-ring (bicyclic) bond motifs is 3. The van der Waals surface area contributed by atoms with Crippen LogP contribution in [0, 0.1) is 11.8 Å². The van der Waals surface area contributed by atoms with Crippen LogP contribution in [0.1, 0.15) is 71.5 Å². The maximum atomic E-state index is 11.7. The number of carbonyl (C=O) groups is 1. The second kappa shape index (κ2) is 8.73. The number of likely N-dealkylation sites (N-methyl/N-ethyl adjacent to an activating group) is 1. The second-order valence-corrected chi connectivity index (χ2v) is 8.88. The molecular formula is C23H35NO4. The van der Waals surface area contributed by atoms with Crippen LogP contribution in [0.15, 0.2) is 18.2 Å². The van der Waals surface area contributed by atoms with Gasteiger partial charge in [0, 0.05) is 13.0 Å². The topological polar surface area (TPSA) is 56.8 Å². The molecule has 3 rings (SSSR count). The Morgan fingerprint density at radius 1 is 1.36 bits per heavy atom. The summed E-state index contributed by atoms with van der Waals surface area (Å²) in [6.45, 7) is 8.90. The monoisotopic (exact) mass is 389 g/mol. The Morgan fingerprint density at radius 2 is 2.14 bits per heavy atom. The van der Waals surface area contributed by atoms with Crippen LogP contribution in [0.25, 0.3) is 0 Å². The molecule has 1 N–H and O–H groups in total. The van der Waals surface area contributed by atoms with Crippen LogP contribution in [0.5, 0.6) is 11.5 Å². The van der Waals surface area contributed by atoms with Gasteiger partial charge in [0.25, 0.3) is 5.91 Å². The minimum atomic E-state index is -0.244. The molecule has 2 aliphatic heterocycles. The summed E-state index contributed by atoms with van der Waals surface area (Å²) in [5.41, 5.74) is 0.718. The highest BCUT2D eigenvalue weighted by Gasteiger charge is 2.50. The van der Waals surface area contributed by atoms with Gasteiger partial charge in [-0.1, -0.05) is 26.3 Å². The molecule has 5 heteroatoms. The fourth-order valence-electron chi connectivity index (χ4n) is 4.53. The summed E-state index contributed by atoms with van der Waals surface area (Å²) in [4.78, 5) is 11.7. The van der Waals surface area contributed by atoms with Crippen LogP contribution in [0.3, 0.4) is 0 Å². The lowest BCUT2D eigenvalue weighted by Gasteiger charge is -2.50. The van der Waals surface area contributed by atoms with Crippen LogP contribution in [-0.4, -0.2) is 31.3 Å². The Morgan fingerprint density at radius 3 is 2.86 bits per heavy atom. The lowest BCUT2D eigenvalue weighted by molar-refractivity contribution is -0.153. The fraction of sp³-hybridized carbons (Fsp3) is 0.696. The molecule has 0 spiro atoms. The number of ether oxygens (including phenoxy) is 3. The zero-order valence-electron chi connectivity index (χ0n) is 17.9. The van der Waals surface area contributed by atoms with Crippen LogP contribution in [-0.2, 0) is 9.53 Å². The molecule has 4 atom stereocenters. The Bertz CT molecular complexity index is 689. The van der Waals surface area contributed by atoms with Gasteiger partial charge in [0.05, 0.1) is 17.8 Å². The van der Waals surface area contributed by atoms with E-state index in [2.05, 4.69) is 33.0 Å². The molecule has 1 aromatic carbocycles. The molecule has 0 aliphatic carbocycles. The van der Waals surface area contributed by atoms with Gasteiger partial charge in [0.1, 0.15) is 17.1 Å². The van der Waals surface area contributed by atoms with Crippen molar-refractivity contribution in [3.8, 4) is 11.5 Å². The Labute approximate surface area is 169 Å². The van der Waals surface area contributed by atoms with E-state index in [0.717, 1.165) is 37.0 Å². The summed E-state index contributed by atoms with van der Waals surface area (Å²) in [5.74, 6) is 2.35. The van der Waals surface area contributed by atoms with Crippen LogP contribution < -0.4 is 14.8 Å². The zero-order chi connectivity index (χ0) is 20.3. The first kappa shape index (κ1) is 21.0. The molecule has 2 aliphatic rings. The van der Waals surface area contributed by atoms with E-state index in [1.807, 2.05) is 18.2 Å². The van der Waals surface area contributed by atoms with Crippen molar-refractivity contribution in [1.29, 1.82) is 0 Å². The molecule has 0 saturated carbocycles. The molecular weight excluding hydrogens is 354 g/mol. The fourth-order valence-corrected chi connectivity index (χ4v) is 4.53. The first-order chi connectivity index (χ1) is 13.3. The summed E-state index contributed by atoms with van der Waals surface area (Å²) in [7, 11) is 1.61. The van der Waals surface area contributed by atoms with Gasteiger partial charge in [-0.05, 0) is 57.6 Å². The molecule has 28 heavy (non-hydrogen) atoms. The van der Waals surface area contributed by atoms with Crippen molar-refractivity contribution in [1.82, 2.24) is 5.32 Å². The third-order valence-corrected chi connectivity index (χ3v) is 6.16. The molecule has 156 valence electrons. The molecule has 0 radical (unpaired) electrons. The smallest absolute Gasteiger partial charge is 0.257 e. The molecule has 5 nitrogen and oxygen atoms in total. The minimum Gasteiger partial charge on any atom is -0.487 e. The molecule has 1 aromatic rings. The average molecular weight is 390 g/mol. The van der Waals surface area contributed by atoms with Gasteiger partial charge < -0.3 is 19.5 Å². The number of hydrogen-bond acceptors (Lipinski definition) is 4. The van der Waals surface area contributed by atoms with Crippen molar-refractivity contribution in [3.63, 3.8) is 0 Å². The largest absolute Gasteiger partial charge is 0.487 e. The highest BCUT2D eigenvalue weighted by Crippen LogP contribution is 2.54. The maximum Gasteiger partial charge on any atom is 0.257 e. The summed E-state index contributed by atoms with van der Waals surface area (Å²) < 4.78 is 18.9. The van der Waals surface area contributed by atoms with E-state index in [1.54, 1.807) is 7.05 Å². The summed E-state index contributed by atoms with van der Waals surface area (Å²) in [6, 6.07) is 5.84. The molecule has 2 heterocycles. The molecule has 0 aromatic heterocycles. The van der Waals surface area contributed by atoms with Crippen molar-refractivity contribution in [2.24, 2.45) is 11.8 Å². The molecule has 1 amide bonds. The first-order valence-corrected chi connectivity index (χ1v) is 10.6. The number of carbonyl (C=O) groups excluding carboxylic acids is 1. The highest BCUT2D eigenvalue weighted by atomic mass is 16.5.